The van der Waals surface area contributed by atoms with E-state index in [2.05, 4.69) is 0 Å². The third-order valence-electron chi connectivity index (χ3n) is 3.25. The van der Waals surface area contributed by atoms with E-state index in [-0.39, 0.29) is 13.1 Å². The summed E-state index contributed by atoms with van der Waals surface area (Å²) in [4.78, 5) is 24.1. The first-order valence-electron chi connectivity index (χ1n) is 5.79. The van der Waals surface area contributed by atoms with E-state index >= 15 is 0 Å². The maximum Gasteiger partial charge on any atom is 0.407 e. The molecule has 1 N–H and O–H groups in total. The van der Waals surface area contributed by atoms with Gasteiger partial charge in [-0.05, 0) is 23.3 Å². The lowest BCUT2D eigenvalue weighted by molar-refractivity contribution is -0.143. The van der Waals surface area contributed by atoms with Crippen LogP contribution in [-0.4, -0.2) is 42.8 Å². The van der Waals surface area contributed by atoms with Gasteiger partial charge >= 0.3 is 12.1 Å². The summed E-state index contributed by atoms with van der Waals surface area (Å²) < 4.78 is 9.88. The second-order valence-corrected chi connectivity index (χ2v) is 4.30. The fraction of sp³-hybridized carbons (Fsp3) is 0.385. The van der Waals surface area contributed by atoms with Crippen LogP contribution in [0.15, 0.2) is 18.2 Å². The Balaban J connectivity index is 2.43. The molecule has 0 aromatic heterocycles. The molecule has 1 aromatic rings. The highest BCUT2D eigenvalue weighted by Crippen LogP contribution is 2.32. The van der Waals surface area contributed by atoms with Crippen molar-refractivity contribution in [2.75, 3.05) is 20.8 Å². The van der Waals surface area contributed by atoms with Gasteiger partial charge in [0.2, 0.25) is 0 Å². The molecule has 0 saturated carbocycles. The minimum Gasteiger partial charge on any atom is -0.497 e. The number of esters is 1. The Kier molecular flexibility index (Phi) is 3.59. The van der Waals surface area contributed by atoms with E-state index in [9.17, 15) is 9.59 Å². The molecular weight excluding hydrogens is 250 g/mol. The van der Waals surface area contributed by atoms with Crippen molar-refractivity contribution in [1.29, 1.82) is 0 Å². The molecule has 1 aliphatic heterocycles. The van der Waals surface area contributed by atoms with Gasteiger partial charge in [-0.15, -0.1) is 0 Å². The number of hydrogen-bond acceptors (Lipinski definition) is 4. The van der Waals surface area contributed by atoms with Gasteiger partial charge in [-0.3, -0.25) is 4.79 Å². The minimum absolute atomic E-state index is 0.0994. The van der Waals surface area contributed by atoms with Crippen molar-refractivity contribution in [3.05, 3.63) is 29.3 Å². The van der Waals surface area contributed by atoms with Crippen LogP contribution in [0.25, 0.3) is 0 Å². The Morgan fingerprint density at radius 2 is 2.11 bits per heavy atom. The van der Waals surface area contributed by atoms with Crippen LogP contribution >= 0.6 is 0 Å². The van der Waals surface area contributed by atoms with E-state index in [0.29, 0.717) is 5.75 Å². The molecule has 1 aromatic carbocycles. The Bertz CT molecular complexity index is 514. The molecule has 1 unspecified atom stereocenters. The molecule has 1 heterocycles. The third-order valence-corrected chi connectivity index (χ3v) is 3.25. The smallest absolute Gasteiger partial charge is 0.407 e. The summed E-state index contributed by atoms with van der Waals surface area (Å²) in [6, 6.07) is 5.29. The zero-order valence-corrected chi connectivity index (χ0v) is 10.8. The molecule has 0 fully saturated rings. The lowest BCUT2D eigenvalue weighted by Crippen LogP contribution is -2.40. The Morgan fingerprint density at radius 1 is 1.37 bits per heavy atom. The predicted molar refractivity (Wildman–Crippen MR) is 66.2 cm³/mol. The molecule has 19 heavy (non-hydrogen) atoms. The van der Waals surface area contributed by atoms with Crippen LogP contribution in [0.4, 0.5) is 4.79 Å². The fourth-order valence-corrected chi connectivity index (χ4v) is 2.25. The molecular formula is C13H15NO5. The first-order chi connectivity index (χ1) is 9.06. The summed E-state index contributed by atoms with van der Waals surface area (Å²) in [5.41, 5.74) is 1.56. The molecule has 0 radical (unpaired) electrons. The molecule has 1 atom stereocenters. The summed E-state index contributed by atoms with van der Waals surface area (Å²) in [5, 5.41) is 9.09. The predicted octanol–water partition coefficient (Wildman–Crippen LogP) is 1.45. The van der Waals surface area contributed by atoms with E-state index in [1.165, 1.54) is 12.0 Å². The number of methoxy groups -OCH3 is 2. The van der Waals surface area contributed by atoms with E-state index in [1.807, 2.05) is 0 Å². The van der Waals surface area contributed by atoms with Gasteiger partial charge in [-0.1, -0.05) is 6.07 Å². The van der Waals surface area contributed by atoms with Gasteiger partial charge in [0.15, 0.2) is 0 Å². The average Bonchev–Trinajstić information content (AvgIpc) is 2.44. The molecule has 6 nitrogen and oxygen atoms in total. The van der Waals surface area contributed by atoms with Gasteiger partial charge in [-0.25, -0.2) is 4.79 Å². The monoisotopic (exact) mass is 265 g/mol. The minimum atomic E-state index is -1.05. The standard InChI is InChI=1S/C13H15NO5/c1-18-9-4-3-8-6-14(13(16)17)7-11(10(8)5-9)12(15)19-2/h3-5,11H,6-7H2,1-2H3,(H,16,17). The molecule has 6 heteroatoms. The Labute approximate surface area is 110 Å². The topological polar surface area (TPSA) is 76.1 Å². The molecule has 1 amide bonds. The van der Waals surface area contributed by atoms with E-state index in [1.54, 1.807) is 25.3 Å². The molecule has 0 aliphatic carbocycles. The first kappa shape index (κ1) is 13.2. The molecule has 0 saturated heterocycles. The zero-order valence-electron chi connectivity index (χ0n) is 10.8. The highest BCUT2D eigenvalue weighted by Gasteiger charge is 2.33. The second kappa shape index (κ2) is 5.17. The van der Waals surface area contributed by atoms with Crippen LogP contribution in [-0.2, 0) is 16.1 Å². The average molecular weight is 265 g/mol. The SMILES string of the molecule is COC(=O)C1CN(C(=O)O)Cc2ccc(OC)cc21. The molecule has 102 valence electrons. The molecule has 0 spiro atoms. The number of ether oxygens (including phenoxy) is 2. The first-order valence-corrected chi connectivity index (χ1v) is 5.79. The summed E-state index contributed by atoms with van der Waals surface area (Å²) in [7, 11) is 2.84. The van der Waals surface area contributed by atoms with Gasteiger partial charge in [0.05, 0.1) is 14.2 Å². The van der Waals surface area contributed by atoms with Crippen LogP contribution in [0.3, 0.4) is 0 Å². The number of amides is 1. The van der Waals surface area contributed by atoms with Gasteiger partial charge in [0, 0.05) is 13.1 Å². The van der Waals surface area contributed by atoms with Crippen LogP contribution < -0.4 is 4.74 Å². The quantitative estimate of drug-likeness (QED) is 0.819. The van der Waals surface area contributed by atoms with Crippen molar-refractivity contribution in [2.45, 2.75) is 12.5 Å². The summed E-state index contributed by atoms with van der Waals surface area (Å²) in [6.07, 6.45) is -1.05. The fourth-order valence-electron chi connectivity index (χ4n) is 2.25. The van der Waals surface area contributed by atoms with Crippen molar-refractivity contribution >= 4 is 12.1 Å². The number of benzene rings is 1. The van der Waals surface area contributed by atoms with Crippen LogP contribution in [0, 0.1) is 0 Å². The van der Waals surface area contributed by atoms with Crippen LogP contribution in [0.1, 0.15) is 17.0 Å². The highest BCUT2D eigenvalue weighted by molar-refractivity contribution is 5.81. The van der Waals surface area contributed by atoms with Crippen molar-refractivity contribution in [1.82, 2.24) is 4.90 Å². The number of rotatable bonds is 2. The van der Waals surface area contributed by atoms with Crippen molar-refractivity contribution in [3.8, 4) is 5.75 Å². The van der Waals surface area contributed by atoms with Gasteiger partial charge in [0.1, 0.15) is 11.7 Å². The summed E-state index contributed by atoms with van der Waals surface area (Å²) >= 11 is 0. The number of carbonyl (C=O) groups is 2. The van der Waals surface area contributed by atoms with Crippen LogP contribution in [0.5, 0.6) is 5.75 Å². The van der Waals surface area contributed by atoms with E-state index in [4.69, 9.17) is 14.6 Å². The molecule has 0 bridgehead atoms. The van der Waals surface area contributed by atoms with Crippen LogP contribution in [0.2, 0.25) is 0 Å². The summed E-state index contributed by atoms with van der Waals surface area (Å²) in [5.74, 6) is -0.420. The van der Waals surface area contributed by atoms with Crippen molar-refractivity contribution in [2.24, 2.45) is 0 Å². The van der Waals surface area contributed by atoms with Crippen molar-refractivity contribution < 1.29 is 24.2 Å². The van der Waals surface area contributed by atoms with E-state index in [0.717, 1.165) is 11.1 Å². The summed E-state index contributed by atoms with van der Waals surface area (Å²) in [6.45, 7) is 0.365. The highest BCUT2D eigenvalue weighted by atomic mass is 16.5. The lowest BCUT2D eigenvalue weighted by Gasteiger charge is -2.31. The zero-order chi connectivity index (χ0) is 14.0. The molecule has 2 rings (SSSR count). The number of carboxylic acid groups (broad SMARTS) is 1. The number of hydrogen-bond donors (Lipinski definition) is 1. The number of carbonyl (C=O) groups excluding carboxylic acids is 1. The second-order valence-electron chi connectivity index (χ2n) is 4.30. The van der Waals surface area contributed by atoms with E-state index < -0.39 is 18.0 Å². The van der Waals surface area contributed by atoms with Crippen molar-refractivity contribution in [3.63, 3.8) is 0 Å². The maximum atomic E-state index is 11.8. The normalized spacial score (nSPS) is 17.6. The maximum absolute atomic E-state index is 11.8. The van der Waals surface area contributed by atoms with Gasteiger partial charge < -0.3 is 19.5 Å². The number of nitrogens with zero attached hydrogens (tertiary/aromatic N) is 1. The largest absolute Gasteiger partial charge is 0.497 e. The lowest BCUT2D eigenvalue weighted by atomic mass is 9.89. The molecule has 1 aliphatic rings. The Hall–Kier alpha value is -2.24. The Morgan fingerprint density at radius 3 is 2.68 bits per heavy atom. The van der Waals surface area contributed by atoms with Gasteiger partial charge in [0.25, 0.3) is 0 Å². The number of fused-ring (bicyclic) bond motifs is 1. The third kappa shape index (κ3) is 2.47. The van der Waals surface area contributed by atoms with Gasteiger partial charge in [-0.2, -0.15) is 0 Å².